The lowest BCUT2D eigenvalue weighted by molar-refractivity contribution is -0.132. The van der Waals surface area contributed by atoms with Gasteiger partial charge in [0.1, 0.15) is 23.0 Å². The maximum Gasteiger partial charge on any atom is 0.335 e. The van der Waals surface area contributed by atoms with E-state index in [9.17, 15) is 29.4 Å². The van der Waals surface area contributed by atoms with E-state index in [4.69, 9.17) is 14.9 Å². The van der Waals surface area contributed by atoms with E-state index < -0.39 is 23.8 Å². The van der Waals surface area contributed by atoms with Crippen LogP contribution in [0, 0.1) is 0 Å². The molecule has 3 aromatic carbocycles. The van der Waals surface area contributed by atoms with Gasteiger partial charge in [-0.25, -0.2) is 9.59 Å². The lowest BCUT2D eigenvalue weighted by Crippen LogP contribution is -2.13. The van der Waals surface area contributed by atoms with Gasteiger partial charge in [0.15, 0.2) is 0 Å². The molecule has 11 heteroatoms. The summed E-state index contributed by atoms with van der Waals surface area (Å²) in [5.41, 5.74) is 0.236. The highest BCUT2D eigenvalue weighted by Gasteiger charge is 2.14. The number of phenolic OH excluding ortho intramolecular Hbond substituents is 2. The third kappa shape index (κ3) is 7.35. The molecule has 0 aliphatic heterocycles. The highest BCUT2D eigenvalue weighted by atomic mass is 16.5. The predicted molar refractivity (Wildman–Crippen MR) is 146 cm³/mol. The van der Waals surface area contributed by atoms with Gasteiger partial charge in [-0.2, -0.15) is 0 Å². The third-order valence-corrected chi connectivity index (χ3v) is 5.39. The number of allylic oxidation sites excluding steroid dienone is 2. The molecular weight excluding hydrogens is 520 g/mol. The van der Waals surface area contributed by atoms with Gasteiger partial charge in [-0.05, 0) is 61.5 Å². The molecule has 204 valence electrons. The molecule has 11 nitrogen and oxygen atoms in total. The normalized spacial score (nSPS) is 11.3. The number of phenols is 2. The second-order valence-electron chi connectivity index (χ2n) is 8.23. The monoisotopic (exact) mass is 544 g/mol. The van der Waals surface area contributed by atoms with Gasteiger partial charge in [0.2, 0.25) is 0 Å². The van der Waals surface area contributed by atoms with Crippen LogP contribution < -0.4 is 15.4 Å². The summed E-state index contributed by atoms with van der Waals surface area (Å²) in [4.78, 5) is 47.2. The highest BCUT2D eigenvalue weighted by molar-refractivity contribution is 6.07. The number of carboxylic acids is 2. The van der Waals surface area contributed by atoms with Crippen molar-refractivity contribution in [2.24, 2.45) is 0 Å². The number of rotatable bonds is 10. The topological polar surface area (TPSA) is 182 Å². The van der Waals surface area contributed by atoms with E-state index >= 15 is 0 Å². The molecule has 40 heavy (non-hydrogen) atoms. The number of carbonyl (C=O) groups excluding carboxylic acids is 2. The van der Waals surface area contributed by atoms with E-state index in [-0.39, 0.29) is 56.6 Å². The van der Waals surface area contributed by atoms with Crippen molar-refractivity contribution in [2.45, 2.75) is 6.92 Å². The molecular formula is C29H24N2O9. The Labute approximate surface area is 228 Å². The summed E-state index contributed by atoms with van der Waals surface area (Å²) in [6.45, 7) is 4.91. The standard InChI is InChI=1S/C29H24N2O9/c1-3-17(5-4-16(2)28(36)37)26(34)30-22-14-20(10-12-24(22)32)40-21-11-13-25(33)23(15-21)31-27(35)18-6-8-19(9-7-18)29(38)39/h3-15,32-33H,1H2,2H3,(H,30,34)(H,31,35)(H,36,37)(H,38,39)/b16-4+,17-5+. The van der Waals surface area contributed by atoms with Gasteiger partial charge in [-0.3, -0.25) is 9.59 Å². The molecule has 3 aromatic rings. The van der Waals surface area contributed by atoms with Crippen LogP contribution in [0.2, 0.25) is 0 Å². The smallest absolute Gasteiger partial charge is 0.335 e. The van der Waals surface area contributed by atoms with E-state index in [1.54, 1.807) is 0 Å². The maximum absolute atomic E-state index is 12.6. The summed E-state index contributed by atoms with van der Waals surface area (Å²) in [5, 5.41) is 43.4. The molecule has 0 radical (unpaired) electrons. The molecule has 0 aliphatic rings. The Morgan fingerprint density at radius 3 is 1.80 bits per heavy atom. The zero-order valence-corrected chi connectivity index (χ0v) is 21.0. The van der Waals surface area contributed by atoms with Crippen LogP contribution in [0.4, 0.5) is 11.4 Å². The maximum atomic E-state index is 12.6. The number of amides is 2. The number of nitrogens with one attached hydrogen (secondary N) is 2. The number of aromatic hydroxyl groups is 2. The second-order valence-corrected chi connectivity index (χ2v) is 8.23. The van der Waals surface area contributed by atoms with Crippen LogP contribution in [-0.2, 0) is 9.59 Å². The summed E-state index contributed by atoms with van der Waals surface area (Å²) < 4.78 is 5.77. The van der Waals surface area contributed by atoms with Gasteiger partial charge in [0, 0.05) is 28.8 Å². The number of aliphatic carboxylic acids is 1. The van der Waals surface area contributed by atoms with Crippen LogP contribution in [-0.4, -0.2) is 44.2 Å². The average molecular weight is 545 g/mol. The second kappa shape index (κ2) is 12.6. The molecule has 0 aromatic heterocycles. The Bertz CT molecular complexity index is 1550. The van der Waals surface area contributed by atoms with Gasteiger partial charge in [-0.1, -0.05) is 18.7 Å². The number of carbonyl (C=O) groups is 4. The van der Waals surface area contributed by atoms with Crippen molar-refractivity contribution in [3.8, 4) is 23.0 Å². The van der Waals surface area contributed by atoms with E-state index in [0.717, 1.165) is 0 Å². The van der Waals surface area contributed by atoms with Crippen LogP contribution in [0.5, 0.6) is 23.0 Å². The molecule has 0 bridgehead atoms. The molecule has 0 saturated carbocycles. The first kappa shape index (κ1) is 28.7. The van der Waals surface area contributed by atoms with Gasteiger partial charge in [-0.15, -0.1) is 0 Å². The zero-order valence-electron chi connectivity index (χ0n) is 21.0. The first-order chi connectivity index (χ1) is 19.0. The summed E-state index contributed by atoms with van der Waals surface area (Å²) >= 11 is 0. The number of anilines is 2. The number of ether oxygens (including phenoxy) is 1. The molecule has 0 heterocycles. The van der Waals surface area contributed by atoms with Crippen LogP contribution in [0.15, 0.2) is 96.6 Å². The van der Waals surface area contributed by atoms with E-state index in [2.05, 4.69) is 17.2 Å². The fourth-order valence-electron chi connectivity index (χ4n) is 3.17. The van der Waals surface area contributed by atoms with Crippen molar-refractivity contribution in [2.75, 3.05) is 10.6 Å². The fraction of sp³-hybridized carbons (Fsp3) is 0.0345. The van der Waals surface area contributed by atoms with Gasteiger partial charge < -0.3 is 35.8 Å². The minimum absolute atomic E-state index is 0.00550. The van der Waals surface area contributed by atoms with Crippen LogP contribution in [0.1, 0.15) is 27.6 Å². The average Bonchev–Trinajstić information content (AvgIpc) is 2.92. The van der Waals surface area contributed by atoms with Crippen LogP contribution in [0.3, 0.4) is 0 Å². The molecule has 0 aliphatic carbocycles. The fourth-order valence-corrected chi connectivity index (χ4v) is 3.17. The van der Waals surface area contributed by atoms with Crippen LogP contribution in [0.25, 0.3) is 0 Å². The number of hydrogen-bond acceptors (Lipinski definition) is 7. The van der Waals surface area contributed by atoms with E-state index in [1.165, 1.54) is 85.8 Å². The van der Waals surface area contributed by atoms with Crippen LogP contribution >= 0.6 is 0 Å². The van der Waals surface area contributed by atoms with Crippen molar-refractivity contribution in [3.63, 3.8) is 0 Å². The van der Waals surface area contributed by atoms with Gasteiger partial charge in [0.05, 0.1) is 16.9 Å². The molecule has 2 amide bonds. The molecule has 0 spiro atoms. The van der Waals surface area contributed by atoms with Crippen molar-refractivity contribution >= 4 is 35.1 Å². The Hall–Kier alpha value is -5.84. The third-order valence-electron chi connectivity index (χ3n) is 5.39. The SMILES string of the molecule is C=C/C(=C\C=C(/C)C(=O)O)C(=O)Nc1cc(Oc2ccc(O)c(NC(=O)c3ccc(C(=O)O)cc3)c2)ccc1O. The molecule has 0 unspecified atom stereocenters. The lowest BCUT2D eigenvalue weighted by atomic mass is 10.1. The summed E-state index contributed by atoms with van der Waals surface area (Å²) in [5.74, 6) is -3.68. The van der Waals surface area contributed by atoms with E-state index in [0.29, 0.717) is 0 Å². The van der Waals surface area contributed by atoms with Gasteiger partial charge >= 0.3 is 11.9 Å². The molecule has 0 saturated heterocycles. The Balaban J connectivity index is 1.77. The summed E-state index contributed by atoms with van der Waals surface area (Å²) in [6, 6.07) is 13.3. The number of aromatic carboxylic acids is 1. The number of carboxylic acid groups (broad SMARTS) is 2. The number of hydrogen-bond donors (Lipinski definition) is 6. The Kier molecular flexibility index (Phi) is 9.05. The minimum atomic E-state index is -1.14. The largest absolute Gasteiger partial charge is 0.506 e. The first-order valence-electron chi connectivity index (χ1n) is 11.5. The summed E-state index contributed by atoms with van der Waals surface area (Å²) in [7, 11) is 0. The minimum Gasteiger partial charge on any atom is -0.506 e. The lowest BCUT2D eigenvalue weighted by Gasteiger charge is -2.13. The molecule has 6 N–H and O–H groups in total. The highest BCUT2D eigenvalue weighted by Crippen LogP contribution is 2.34. The first-order valence-corrected chi connectivity index (χ1v) is 11.5. The van der Waals surface area contributed by atoms with Crippen molar-refractivity contribution < 1.29 is 44.3 Å². The van der Waals surface area contributed by atoms with Crippen molar-refractivity contribution in [3.05, 3.63) is 108 Å². The predicted octanol–water partition coefficient (Wildman–Crippen LogP) is 4.92. The van der Waals surface area contributed by atoms with Gasteiger partial charge in [0.25, 0.3) is 11.8 Å². The quantitative estimate of drug-likeness (QED) is 0.117. The summed E-state index contributed by atoms with van der Waals surface area (Å²) in [6.07, 6.45) is 3.74. The molecule has 0 atom stereocenters. The number of benzene rings is 3. The Morgan fingerprint density at radius 2 is 1.30 bits per heavy atom. The van der Waals surface area contributed by atoms with Crippen molar-refractivity contribution in [1.29, 1.82) is 0 Å². The van der Waals surface area contributed by atoms with E-state index in [1.807, 2.05) is 0 Å². The Morgan fingerprint density at radius 1 is 0.775 bits per heavy atom. The molecule has 3 rings (SSSR count). The molecule has 0 fully saturated rings. The van der Waals surface area contributed by atoms with Crippen molar-refractivity contribution in [1.82, 2.24) is 0 Å². The zero-order chi connectivity index (χ0) is 29.4.